The molecule has 0 spiro atoms. The third-order valence-corrected chi connectivity index (χ3v) is 2.20. The summed E-state index contributed by atoms with van der Waals surface area (Å²) in [6.45, 7) is 0. The minimum Gasteiger partial charge on any atom is -0.307 e. The molecule has 1 aliphatic heterocycles. The maximum Gasteiger partial charge on any atom is 0.345 e. The summed E-state index contributed by atoms with van der Waals surface area (Å²) in [4.78, 5) is 38.9. The third kappa shape index (κ3) is 3.34. The molecule has 1 aromatic rings. The van der Waals surface area contributed by atoms with Crippen molar-refractivity contribution in [2.45, 2.75) is 0 Å². The van der Waals surface area contributed by atoms with Gasteiger partial charge in [-0.15, -0.1) is 0 Å². The number of allylic oxidation sites excluding steroid dienone is 1. The van der Waals surface area contributed by atoms with E-state index in [9.17, 15) is 14.4 Å². The molecule has 0 aromatic carbocycles. The standard InChI is InChI=1S/C11H10N6O3/c18-6-7(8-1-3-12-10(19)15-8)5-14-17-9-2-4-13-11(20)16-9/h1,3-6,14,17H,(H,12,15,19)(H2,13,16,20)/b7-5-. The number of nitrogens with zero attached hydrogens (tertiary/aromatic N) is 1. The van der Waals surface area contributed by atoms with Crippen molar-refractivity contribution < 1.29 is 9.59 Å². The van der Waals surface area contributed by atoms with Crippen LogP contribution in [0.1, 0.15) is 5.69 Å². The largest absolute Gasteiger partial charge is 0.345 e. The number of amides is 2. The van der Waals surface area contributed by atoms with Crippen molar-refractivity contribution in [2.75, 3.05) is 0 Å². The maximum atomic E-state index is 11.0. The number of hydrogen-bond donors (Lipinski definition) is 5. The number of aromatic amines is 1. The fraction of sp³-hybridized carbons (Fsp3) is 0. The topological polar surface area (TPSA) is 128 Å². The molecular formula is C11H10N6O3. The van der Waals surface area contributed by atoms with Crippen LogP contribution >= 0.6 is 0 Å². The zero-order valence-electron chi connectivity index (χ0n) is 10.1. The predicted octanol–water partition coefficient (Wildman–Crippen LogP) is -1.33. The molecule has 0 aliphatic carbocycles. The molecule has 0 fully saturated rings. The van der Waals surface area contributed by atoms with E-state index in [0.717, 1.165) is 0 Å². The Labute approximate surface area is 112 Å². The molecule has 9 heteroatoms. The first kappa shape index (κ1) is 13.1. The number of aromatic nitrogens is 2. The number of aldehydes is 1. The summed E-state index contributed by atoms with van der Waals surface area (Å²) >= 11 is 0. The van der Waals surface area contributed by atoms with Gasteiger partial charge in [-0.2, -0.15) is 0 Å². The van der Waals surface area contributed by atoms with Crippen LogP contribution in [0.4, 0.5) is 4.79 Å². The molecule has 0 unspecified atom stereocenters. The third-order valence-electron chi connectivity index (χ3n) is 2.20. The first-order valence-electron chi connectivity index (χ1n) is 5.44. The summed E-state index contributed by atoms with van der Waals surface area (Å²) in [5.74, 6) is 0.276. The number of nitrogens with one attached hydrogen (secondary N) is 5. The van der Waals surface area contributed by atoms with Gasteiger partial charge in [0.1, 0.15) is 0 Å². The maximum absolute atomic E-state index is 11.0. The Kier molecular flexibility index (Phi) is 3.95. The van der Waals surface area contributed by atoms with Crippen LogP contribution in [0.25, 0.3) is 5.57 Å². The summed E-state index contributed by atoms with van der Waals surface area (Å²) in [6, 6.07) is 1.07. The van der Waals surface area contributed by atoms with Crippen molar-refractivity contribution >= 4 is 17.9 Å². The molecule has 0 bridgehead atoms. The van der Waals surface area contributed by atoms with Gasteiger partial charge >= 0.3 is 11.7 Å². The van der Waals surface area contributed by atoms with Crippen molar-refractivity contribution in [3.05, 3.63) is 52.4 Å². The summed E-state index contributed by atoms with van der Waals surface area (Å²) in [5, 5.41) is 4.78. The molecule has 1 aliphatic rings. The Hall–Kier alpha value is -3.32. The Bertz CT molecular complexity index is 683. The lowest BCUT2D eigenvalue weighted by atomic mass is 10.2. The Morgan fingerprint density at radius 1 is 1.40 bits per heavy atom. The van der Waals surface area contributed by atoms with Crippen molar-refractivity contribution in [1.82, 2.24) is 31.5 Å². The van der Waals surface area contributed by atoms with Crippen LogP contribution in [0.5, 0.6) is 0 Å². The second kappa shape index (κ2) is 6.03. The monoisotopic (exact) mass is 274 g/mol. The Balaban J connectivity index is 2.05. The highest BCUT2D eigenvalue weighted by Gasteiger charge is 2.05. The SMILES string of the molecule is O=C/C(=C/NNC1=C=CNC(=O)N1)c1ccnc(=O)[nH]1. The lowest BCUT2D eigenvalue weighted by molar-refractivity contribution is -0.103. The molecule has 0 saturated heterocycles. The lowest BCUT2D eigenvalue weighted by Gasteiger charge is -2.12. The molecular weight excluding hydrogens is 264 g/mol. The van der Waals surface area contributed by atoms with Crippen LogP contribution in [0.3, 0.4) is 0 Å². The van der Waals surface area contributed by atoms with Gasteiger partial charge in [0.05, 0.1) is 17.5 Å². The van der Waals surface area contributed by atoms with Crippen LogP contribution in [0, 0.1) is 0 Å². The number of urea groups is 1. The van der Waals surface area contributed by atoms with Crippen molar-refractivity contribution in [3.63, 3.8) is 0 Å². The summed E-state index contributed by atoms with van der Waals surface area (Å²) in [5.41, 5.74) is 7.84. The Morgan fingerprint density at radius 2 is 2.25 bits per heavy atom. The van der Waals surface area contributed by atoms with Gasteiger partial charge in [-0.1, -0.05) is 5.73 Å². The Morgan fingerprint density at radius 3 is 2.95 bits per heavy atom. The number of hydrazine groups is 1. The van der Waals surface area contributed by atoms with Gasteiger partial charge < -0.3 is 15.7 Å². The van der Waals surface area contributed by atoms with Crippen LogP contribution in [-0.4, -0.2) is 22.3 Å². The predicted molar refractivity (Wildman–Crippen MR) is 68.4 cm³/mol. The first-order valence-corrected chi connectivity index (χ1v) is 5.44. The highest BCUT2D eigenvalue weighted by Crippen LogP contribution is 2.03. The number of rotatable bonds is 5. The van der Waals surface area contributed by atoms with Gasteiger partial charge in [-0.3, -0.25) is 15.5 Å². The van der Waals surface area contributed by atoms with Crippen LogP contribution in [0.15, 0.2) is 41.0 Å². The van der Waals surface area contributed by atoms with Crippen molar-refractivity contribution in [1.29, 1.82) is 0 Å². The fourth-order valence-electron chi connectivity index (χ4n) is 1.33. The second-order valence-electron chi connectivity index (χ2n) is 3.54. The van der Waals surface area contributed by atoms with E-state index in [0.29, 0.717) is 12.0 Å². The van der Waals surface area contributed by atoms with Crippen molar-refractivity contribution in [2.24, 2.45) is 0 Å². The smallest absolute Gasteiger partial charge is 0.307 e. The molecule has 2 heterocycles. The summed E-state index contributed by atoms with van der Waals surface area (Å²) < 4.78 is 0. The van der Waals surface area contributed by atoms with E-state index in [4.69, 9.17) is 0 Å². The zero-order chi connectivity index (χ0) is 14.4. The van der Waals surface area contributed by atoms with E-state index in [1.54, 1.807) is 0 Å². The summed E-state index contributed by atoms with van der Waals surface area (Å²) in [7, 11) is 0. The van der Waals surface area contributed by atoms with Crippen LogP contribution in [0.2, 0.25) is 0 Å². The van der Waals surface area contributed by atoms with Crippen LogP contribution in [-0.2, 0) is 4.79 Å². The van der Waals surface area contributed by atoms with Gasteiger partial charge in [-0.25, -0.2) is 14.6 Å². The zero-order valence-corrected chi connectivity index (χ0v) is 10.1. The first-order chi connectivity index (χ1) is 9.69. The quantitative estimate of drug-likeness (QED) is 0.196. The molecule has 2 amide bonds. The lowest BCUT2D eigenvalue weighted by Crippen LogP contribution is -2.42. The summed E-state index contributed by atoms with van der Waals surface area (Å²) in [6.07, 6.45) is 4.50. The molecule has 0 atom stereocenters. The van der Waals surface area contributed by atoms with Crippen LogP contribution < -0.4 is 27.2 Å². The van der Waals surface area contributed by atoms with E-state index in [2.05, 4.69) is 37.2 Å². The molecule has 0 saturated carbocycles. The fourth-order valence-corrected chi connectivity index (χ4v) is 1.33. The normalized spacial score (nSPS) is 13.9. The van der Waals surface area contributed by atoms with Gasteiger partial charge in [0.2, 0.25) is 0 Å². The van der Waals surface area contributed by atoms with Crippen molar-refractivity contribution in [3.8, 4) is 0 Å². The molecule has 20 heavy (non-hydrogen) atoms. The minimum atomic E-state index is -0.556. The number of hydrogen-bond acceptors (Lipinski definition) is 6. The average molecular weight is 274 g/mol. The molecule has 1 aromatic heterocycles. The highest BCUT2D eigenvalue weighted by molar-refractivity contribution is 6.05. The number of H-pyrrole nitrogens is 1. The van der Waals surface area contributed by atoms with Gasteiger partial charge in [0.25, 0.3) is 0 Å². The van der Waals surface area contributed by atoms with E-state index in [1.165, 1.54) is 24.7 Å². The molecule has 2 rings (SSSR count). The molecule has 0 radical (unpaired) electrons. The second-order valence-corrected chi connectivity index (χ2v) is 3.54. The molecule has 5 N–H and O–H groups in total. The van der Waals surface area contributed by atoms with E-state index in [-0.39, 0.29) is 11.4 Å². The van der Waals surface area contributed by atoms with Gasteiger partial charge in [0.15, 0.2) is 12.1 Å². The number of carbonyl (C=O) groups is 2. The minimum absolute atomic E-state index is 0.196. The number of carbonyl (C=O) groups excluding carboxylic acids is 2. The molecule has 9 nitrogen and oxygen atoms in total. The van der Waals surface area contributed by atoms with Gasteiger partial charge in [-0.05, 0) is 6.07 Å². The van der Waals surface area contributed by atoms with E-state index < -0.39 is 11.7 Å². The highest BCUT2D eigenvalue weighted by atomic mass is 16.2. The average Bonchev–Trinajstić information content (AvgIpc) is 2.44. The molecule has 102 valence electrons. The van der Waals surface area contributed by atoms with E-state index >= 15 is 0 Å². The van der Waals surface area contributed by atoms with E-state index in [1.807, 2.05) is 0 Å². The van der Waals surface area contributed by atoms with Gasteiger partial charge in [0, 0.05) is 12.4 Å².